The molecule has 2 N–H and O–H groups in total. The molecule has 1 amide bonds. The molecule has 1 aliphatic heterocycles. The third kappa shape index (κ3) is 3.70. The number of piperidine rings is 1. The van der Waals surface area contributed by atoms with Crippen molar-refractivity contribution in [3.63, 3.8) is 0 Å². The van der Waals surface area contributed by atoms with Crippen LogP contribution in [0.5, 0.6) is 5.75 Å². The van der Waals surface area contributed by atoms with Crippen LogP contribution < -0.4 is 4.74 Å². The summed E-state index contributed by atoms with van der Waals surface area (Å²) >= 11 is 0. The summed E-state index contributed by atoms with van der Waals surface area (Å²) in [5.74, 6) is 1.50. The smallest absolute Gasteiger partial charge is 0.289 e. The number of aliphatic hydroxyl groups is 1. The molecule has 3 rings (SSSR count). The summed E-state index contributed by atoms with van der Waals surface area (Å²) in [5, 5.41) is 9.94. The number of methoxy groups -OCH3 is 1. The van der Waals surface area contributed by atoms with Gasteiger partial charge in [-0.1, -0.05) is 0 Å². The number of amides is 1. The molecule has 0 atom stereocenters. The van der Waals surface area contributed by atoms with Crippen molar-refractivity contribution in [2.45, 2.75) is 38.7 Å². The fraction of sp³-hybridized carbons (Fsp3) is 0.556. The van der Waals surface area contributed by atoms with E-state index in [-0.39, 0.29) is 5.91 Å². The van der Waals surface area contributed by atoms with Crippen LogP contribution in [-0.4, -0.2) is 51.7 Å². The first-order valence-electron chi connectivity index (χ1n) is 8.41. The monoisotopic (exact) mass is 331 g/mol. The second-order valence-corrected chi connectivity index (χ2v) is 7.22. The van der Waals surface area contributed by atoms with Crippen LogP contribution in [0.25, 0.3) is 11.0 Å². The van der Waals surface area contributed by atoms with Crippen LogP contribution >= 0.6 is 0 Å². The van der Waals surface area contributed by atoms with Gasteiger partial charge in [0.2, 0.25) is 0 Å². The van der Waals surface area contributed by atoms with Crippen molar-refractivity contribution in [1.82, 2.24) is 14.9 Å². The van der Waals surface area contributed by atoms with Gasteiger partial charge in [0, 0.05) is 19.2 Å². The molecule has 0 unspecified atom stereocenters. The number of H-pyrrole nitrogens is 1. The summed E-state index contributed by atoms with van der Waals surface area (Å²) in [5.41, 5.74) is 0.917. The van der Waals surface area contributed by atoms with E-state index in [0.29, 0.717) is 24.8 Å². The van der Waals surface area contributed by atoms with Crippen LogP contribution in [0.3, 0.4) is 0 Å². The fourth-order valence-electron chi connectivity index (χ4n) is 3.41. The molecule has 0 bridgehead atoms. The van der Waals surface area contributed by atoms with E-state index >= 15 is 0 Å². The molecule has 6 heteroatoms. The molecule has 0 spiro atoms. The topological polar surface area (TPSA) is 78.5 Å². The molecule has 1 aliphatic rings. The number of hydrogen-bond acceptors (Lipinski definition) is 4. The minimum Gasteiger partial charge on any atom is -0.497 e. The predicted molar refractivity (Wildman–Crippen MR) is 92.2 cm³/mol. The van der Waals surface area contributed by atoms with Gasteiger partial charge in [-0.25, -0.2) is 4.98 Å². The Morgan fingerprint density at radius 2 is 2.12 bits per heavy atom. The molecule has 0 aliphatic carbocycles. The van der Waals surface area contributed by atoms with Crippen molar-refractivity contribution >= 4 is 16.9 Å². The highest BCUT2D eigenvalue weighted by molar-refractivity contribution is 5.94. The highest BCUT2D eigenvalue weighted by atomic mass is 16.5. The van der Waals surface area contributed by atoms with Crippen molar-refractivity contribution in [1.29, 1.82) is 0 Å². The lowest BCUT2D eigenvalue weighted by Crippen LogP contribution is -2.40. The quantitative estimate of drug-likeness (QED) is 0.902. The maximum absolute atomic E-state index is 12.7. The summed E-state index contributed by atoms with van der Waals surface area (Å²) in [7, 11) is 1.61. The Kier molecular flexibility index (Phi) is 4.49. The van der Waals surface area contributed by atoms with Gasteiger partial charge >= 0.3 is 0 Å². The lowest BCUT2D eigenvalue weighted by molar-refractivity contribution is 0.0355. The summed E-state index contributed by atoms with van der Waals surface area (Å²) < 4.78 is 5.19. The SMILES string of the molecule is COc1ccc2[nH]c(C(=O)N3CCC(CC(C)(C)O)CC3)nc2c1. The molecule has 130 valence electrons. The molecule has 2 aromatic rings. The summed E-state index contributed by atoms with van der Waals surface area (Å²) in [6.45, 7) is 5.10. The second kappa shape index (κ2) is 6.43. The van der Waals surface area contributed by atoms with E-state index in [1.54, 1.807) is 7.11 Å². The standard InChI is InChI=1S/C18H25N3O3/c1-18(2,23)11-12-6-8-21(9-7-12)17(22)16-19-14-5-4-13(24-3)10-15(14)20-16/h4-5,10,12,23H,6-9,11H2,1-3H3,(H,19,20). The van der Waals surface area contributed by atoms with Gasteiger partial charge in [0.15, 0.2) is 5.82 Å². The number of fused-ring (bicyclic) bond motifs is 1. The van der Waals surface area contributed by atoms with Crippen LogP contribution in [0.4, 0.5) is 0 Å². The second-order valence-electron chi connectivity index (χ2n) is 7.22. The zero-order chi connectivity index (χ0) is 17.3. The molecule has 1 saturated heterocycles. The largest absolute Gasteiger partial charge is 0.497 e. The third-order valence-corrected chi connectivity index (χ3v) is 4.58. The van der Waals surface area contributed by atoms with Crippen molar-refractivity contribution in [2.24, 2.45) is 5.92 Å². The zero-order valence-corrected chi connectivity index (χ0v) is 14.5. The number of likely N-dealkylation sites (tertiary alicyclic amines) is 1. The number of imidazole rings is 1. The van der Waals surface area contributed by atoms with E-state index in [2.05, 4.69) is 9.97 Å². The van der Waals surface area contributed by atoms with Gasteiger partial charge in [-0.05, 0) is 51.2 Å². The third-order valence-electron chi connectivity index (χ3n) is 4.58. The van der Waals surface area contributed by atoms with Crippen molar-refractivity contribution in [2.75, 3.05) is 20.2 Å². The molecule has 0 radical (unpaired) electrons. The maximum Gasteiger partial charge on any atom is 0.289 e. The van der Waals surface area contributed by atoms with Gasteiger partial charge < -0.3 is 19.7 Å². The zero-order valence-electron chi connectivity index (χ0n) is 14.5. The Bertz CT molecular complexity index is 725. The number of rotatable bonds is 4. The molecule has 1 aromatic heterocycles. The fourth-order valence-corrected chi connectivity index (χ4v) is 3.41. The van der Waals surface area contributed by atoms with E-state index in [4.69, 9.17) is 4.74 Å². The number of nitrogens with one attached hydrogen (secondary N) is 1. The number of nitrogens with zero attached hydrogens (tertiary/aromatic N) is 2. The van der Waals surface area contributed by atoms with Gasteiger partial charge in [0.25, 0.3) is 5.91 Å². The summed E-state index contributed by atoms with van der Waals surface area (Å²) in [4.78, 5) is 22.0. The molecule has 2 heterocycles. The Hall–Kier alpha value is -2.08. The van der Waals surface area contributed by atoms with Gasteiger partial charge in [-0.15, -0.1) is 0 Å². The molecule has 24 heavy (non-hydrogen) atoms. The Balaban J connectivity index is 1.67. The molecule has 6 nitrogen and oxygen atoms in total. The number of hydrogen-bond donors (Lipinski definition) is 2. The van der Waals surface area contributed by atoms with E-state index in [9.17, 15) is 9.90 Å². The summed E-state index contributed by atoms with van der Waals surface area (Å²) in [6.07, 6.45) is 2.62. The first-order chi connectivity index (χ1) is 11.4. The van der Waals surface area contributed by atoms with Gasteiger partial charge in [-0.3, -0.25) is 4.79 Å². The predicted octanol–water partition coefficient (Wildman–Crippen LogP) is 2.58. The molecule has 1 aromatic carbocycles. The minimum absolute atomic E-state index is 0.0631. The highest BCUT2D eigenvalue weighted by Gasteiger charge is 2.28. The lowest BCUT2D eigenvalue weighted by Gasteiger charge is -2.34. The molecule has 1 fully saturated rings. The van der Waals surface area contributed by atoms with Crippen LogP contribution in [0.15, 0.2) is 18.2 Å². The number of benzene rings is 1. The summed E-state index contributed by atoms with van der Waals surface area (Å²) in [6, 6.07) is 5.53. The van der Waals surface area contributed by atoms with Crippen molar-refractivity contribution < 1.29 is 14.6 Å². The van der Waals surface area contributed by atoms with Crippen molar-refractivity contribution in [3.05, 3.63) is 24.0 Å². The van der Waals surface area contributed by atoms with E-state index in [0.717, 1.165) is 36.0 Å². The molecule has 0 saturated carbocycles. The Labute approximate surface area is 141 Å². The molecular weight excluding hydrogens is 306 g/mol. The van der Waals surface area contributed by atoms with E-state index < -0.39 is 5.60 Å². The van der Waals surface area contributed by atoms with E-state index in [1.165, 1.54) is 0 Å². The van der Waals surface area contributed by atoms with Crippen LogP contribution in [0, 0.1) is 5.92 Å². The molecular formula is C18H25N3O3. The van der Waals surface area contributed by atoms with Crippen molar-refractivity contribution in [3.8, 4) is 5.75 Å². The maximum atomic E-state index is 12.7. The average molecular weight is 331 g/mol. The van der Waals surface area contributed by atoms with Crippen LogP contribution in [0.2, 0.25) is 0 Å². The van der Waals surface area contributed by atoms with Crippen LogP contribution in [0.1, 0.15) is 43.7 Å². The normalized spacial score (nSPS) is 16.6. The highest BCUT2D eigenvalue weighted by Crippen LogP contribution is 2.27. The number of carbonyl (C=O) groups excluding carboxylic acids is 1. The number of carbonyl (C=O) groups is 1. The lowest BCUT2D eigenvalue weighted by atomic mass is 9.86. The number of ether oxygens (including phenoxy) is 1. The number of aromatic nitrogens is 2. The number of aromatic amines is 1. The Morgan fingerprint density at radius 1 is 1.42 bits per heavy atom. The van der Waals surface area contributed by atoms with Crippen LogP contribution in [-0.2, 0) is 0 Å². The van der Waals surface area contributed by atoms with Gasteiger partial charge in [0.05, 0.1) is 23.7 Å². The Morgan fingerprint density at radius 3 is 2.75 bits per heavy atom. The first-order valence-corrected chi connectivity index (χ1v) is 8.41. The minimum atomic E-state index is -0.644. The van der Waals surface area contributed by atoms with Gasteiger partial charge in [0.1, 0.15) is 5.75 Å². The average Bonchev–Trinajstić information content (AvgIpc) is 2.96. The van der Waals surface area contributed by atoms with E-state index in [1.807, 2.05) is 36.9 Å². The first kappa shape index (κ1) is 16.8. The van der Waals surface area contributed by atoms with Gasteiger partial charge in [-0.2, -0.15) is 0 Å².